The summed E-state index contributed by atoms with van der Waals surface area (Å²) in [4.78, 5) is 15.6. The van der Waals surface area contributed by atoms with Crippen molar-refractivity contribution in [2.45, 2.75) is 13.1 Å². The SMILES string of the molecule is COc1ccc(=O)n(CCNCc2cccnc2)n1. The van der Waals surface area contributed by atoms with Crippen LogP contribution in [0.25, 0.3) is 0 Å². The summed E-state index contributed by atoms with van der Waals surface area (Å²) in [7, 11) is 1.53. The average Bonchev–Trinajstić information content (AvgIpc) is 2.46. The quantitative estimate of drug-likeness (QED) is 0.763. The van der Waals surface area contributed by atoms with Crippen molar-refractivity contribution >= 4 is 0 Å². The minimum Gasteiger partial charge on any atom is -0.480 e. The Kier molecular flexibility index (Phi) is 4.63. The number of aromatic nitrogens is 3. The van der Waals surface area contributed by atoms with E-state index in [4.69, 9.17) is 4.74 Å². The van der Waals surface area contributed by atoms with E-state index in [1.165, 1.54) is 17.9 Å². The van der Waals surface area contributed by atoms with Crippen LogP contribution in [0.1, 0.15) is 5.56 Å². The molecule has 0 bridgehead atoms. The lowest BCUT2D eigenvalue weighted by molar-refractivity contribution is 0.374. The van der Waals surface area contributed by atoms with Crippen LogP contribution in [-0.4, -0.2) is 28.4 Å². The van der Waals surface area contributed by atoms with Gasteiger partial charge in [-0.05, 0) is 11.6 Å². The summed E-state index contributed by atoms with van der Waals surface area (Å²) < 4.78 is 6.37. The van der Waals surface area contributed by atoms with E-state index in [1.807, 2.05) is 18.3 Å². The van der Waals surface area contributed by atoms with Gasteiger partial charge in [-0.2, -0.15) is 0 Å². The zero-order chi connectivity index (χ0) is 13.5. The smallest absolute Gasteiger partial charge is 0.267 e. The number of pyridine rings is 1. The predicted molar refractivity (Wildman–Crippen MR) is 71.0 cm³/mol. The Morgan fingerprint density at radius 2 is 2.26 bits per heavy atom. The number of rotatable bonds is 6. The van der Waals surface area contributed by atoms with Gasteiger partial charge in [0, 0.05) is 37.6 Å². The van der Waals surface area contributed by atoms with Crippen LogP contribution in [0, 0.1) is 0 Å². The summed E-state index contributed by atoms with van der Waals surface area (Å²) in [5.41, 5.74) is 0.970. The van der Waals surface area contributed by atoms with E-state index in [0.29, 0.717) is 25.5 Å². The minimum absolute atomic E-state index is 0.135. The molecule has 6 heteroatoms. The van der Waals surface area contributed by atoms with Gasteiger partial charge in [0.25, 0.3) is 5.56 Å². The Labute approximate surface area is 111 Å². The third kappa shape index (κ3) is 3.89. The molecular weight excluding hydrogens is 244 g/mol. The average molecular weight is 260 g/mol. The number of ether oxygens (including phenoxy) is 1. The van der Waals surface area contributed by atoms with Crippen LogP contribution in [0.3, 0.4) is 0 Å². The Morgan fingerprint density at radius 3 is 3.00 bits per heavy atom. The Morgan fingerprint density at radius 1 is 1.37 bits per heavy atom. The summed E-state index contributed by atoms with van der Waals surface area (Å²) in [5.74, 6) is 0.437. The molecule has 1 N–H and O–H groups in total. The van der Waals surface area contributed by atoms with Crippen LogP contribution in [0.15, 0.2) is 41.5 Å². The number of hydrogen-bond donors (Lipinski definition) is 1. The van der Waals surface area contributed by atoms with Crippen LogP contribution >= 0.6 is 0 Å². The molecule has 0 atom stereocenters. The zero-order valence-corrected chi connectivity index (χ0v) is 10.7. The molecule has 0 radical (unpaired) electrons. The van der Waals surface area contributed by atoms with E-state index in [1.54, 1.807) is 12.3 Å². The molecule has 0 saturated carbocycles. The standard InChI is InChI=1S/C13H16N4O2/c1-19-12-4-5-13(18)17(16-12)8-7-15-10-11-3-2-6-14-9-11/h2-6,9,15H,7-8,10H2,1H3. The maximum atomic E-state index is 11.6. The molecule has 0 unspecified atom stereocenters. The fourth-order valence-corrected chi connectivity index (χ4v) is 1.62. The van der Waals surface area contributed by atoms with Crippen molar-refractivity contribution < 1.29 is 4.74 Å². The van der Waals surface area contributed by atoms with Crippen molar-refractivity contribution in [1.29, 1.82) is 0 Å². The summed E-state index contributed by atoms with van der Waals surface area (Å²) >= 11 is 0. The maximum Gasteiger partial charge on any atom is 0.267 e. The molecule has 0 aromatic carbocycles. The van der Waals surface area contributed by atoms with Gasteiger partial charge in [0.1, 0.15) is 0 Å². The summed E-state index contributed by atoms with van der Waals surface area (Å²) in [6, 6.07) is 6.90. The van der Waals surface area contributed by atoms with Gasteiger partial charge in [-0.15, -0.1) is 5.10 Å². The molecule has 2 aromatic heterocycles. The lowest BCUT2D eigenvalue weighted by atomic mass is 10.3. The summed E-state index contributed by atoms with van der Waals surface area (Å²) in [5, 5.41) is 7.30. The van der Waals surface area contributed by atoms with Gasteiger partial charge in [0.2, 0.25) is 5.88 Å². The molecule has 0 spiro atoms. The second-order valence-electron chi connectivity index (χ2n) is 3.98. The van der Waals surface area contributed by atoms with Crippen LogP contribution in [0.5, 0.6) is 5.88 Å². The minimum atomic E-state index is -0.135. The first-order chi connectivity index (χ1) is 9.29. The Bertz CT molecular complexity index is 568. The lowest BCUT2D eigenvalue weighted by Gasteiger charge is -2.07. The second kappa shape index (κ2) is 6.65. The molecule has 0 fully saturated rings. The highest BCUT2D eigenvalue weighted by Crippen LogP contribution is 1.99. The van der Waals surface area contributed by atoms with Crippen molar-refractivity contribution in [3.05, 3.63) is 52.6 Å². The molecule has 0 amide bonds. The van der Waals surface area contributed by atoms with Gasteiger partial charge in [0.15, 0.2) is 0 Å². The zero-order valence-electron chi connectivity index (χ0n) is 10.7. The van der Waals surface area contributed by atoms with Crippen molar-refractivity contribution in [2.24, 2.45) is 0 Å². The highest BCUT2D eigenvalue weighted by atomic mass is 16.5. The normalized spacial score (nSPS) is 10.4. The number of hydrogen-bond acceptors (Lipinski definition) is 5. The second-order valence-corrected chi connectivity index (χ2v) is 3.98. The third-order valence-electron chi connectivity index (χ3n) is 2.60. The van der Waals surface area contributed by atoms with E-state index in [-0.39, 0.29) is 5.56 Å². The molecule has 0 saturated heterocycles. The van der Waals surface area contributed by atoms with Crippen LogP contribution < -0.4 is 15.6 Å². The van der Waals surface area contributed by atoms with Crippen LogP contribution in [0.2, 0.25) is 0 Å². The first kappa shape index (κ1) is 13.2. The maximum absolute atomic E-state index is 11.6. The van der Waals surface area contributed by atoms with Crippen LogP contribution in [0.4, 0.5) is 0 Å². The summed E-state index contributed by atoms with van der Waals surface area (Å²) in [6.45, 7) is 1.86. The van der Waals surface area contributed by atoms with Crippen molar-refractivity contribution in [3.63, 3.8) is 0 Å². The topological polar surface area (TPSA) is 69.0 Å². The summed E-state index contributed by atoms with van der Waals surface area (Å²) in [6.07, 6.45) is 3.55. The lowest BCUT2D eigenvalue weighted by Crippen LogP contribution is -2.28. The molecule has 0 aliphatic carbocycles. The van der Waals surface area contributed by atoms with E-state index in [9.17, 15) is 4.79 Å². The first-order valence-corrected chi connectivity index (χ1v) is 6.01. The van der Waals surface area contributed by atoms with Gasteiger partial charge in [-0.25, -0.2) is 4.68 Å². The largest absolute Gasteiger partial charge is 0.480 e. The fraction of sp³-hybridized carbons (Fsp3) is 0.308. The number of nitrogens with zero attached hydrogens (tertiary/aromatic N) is 3. The molecule has 2 heterocycles. The van der Waals surface area contributed by atoms with Gasteiger partial charge in [0.05, 0.1) is 13.7 Å². The predicted octanol–water partition coefficient (Wildman–Crippen LogP) is 0.437. The van der Waals surface area contributed by atoms with E-state index in [2.05, 4.69) is 15.4 Å². The molecular formula is C13H16N4O2. The van der Waals surface area contributed by atoms with Gasteiger partial charge in [-0.1, -0.05) is 6.07 Å². The van der Waals surface area contributed by atoms with E-state index in [0.717, 1.165) is 5.56 Å². The van der Waals surface area contributed by atoms with Crippen molar-refractivity contribution in [1.82, 2.24) is 20.1 Å². The highest BCUT2D eigenvalue weighted by Gasteiger charge is 2.00. The molecule has 0 aliphatic heterocycles. The first-order valence-electron chi connectivity index (χ1n) is 6.01. The molecule has 100 valence electrons. The van der Waals surface area contributed by atoms with E-state index < -0.39 is 0 Å². The van der Waals surface area contributed by atoms with Crippen molar-refractivity contribution in [3.8, 4) is 5.88 Å². The molecule has 2 aromatic rings. The van der Waals surface area contributed by atoms with Gasteiger partial charge in [-0.3, -0.25) is 9.78 Å². The molecule has 2 rings (SSSR count). The Hall–Kier alpha value is -2.21. The third-order valence-corrected chi connectivity index (χ3v) is 2.60. The highest BCUT2D eigenvalue weighted by molar-refractivity contribution is 5.08. The monoisotopic (exact) mass is 260 g/mol. The van der Waals surface area contributed by atoms with Crippen molar-refractivity contribution in [2.75, 3.05) is 13.7 Å². The molecule has 0 aliphatic rings. The van der Waals surface area contributed by atoms with Gasteiger partial charge >= 0.3 is 0 Å². The van der Waals surface area contributed by atoms with Crippen LogP contribution in [-0.2, 0) is 13.1 Å². The number of methoxy groups -OCH3 is 1. The van der Waals surface area contributed by atoms with Gasteiger partial charge < -0.3 is 10.1 Å². The fourth-order valence-electron chi connectivity index (χ4n) is 1.62. The Balaban J connectivity index is 1.84. The van der Waals surface area contributed by atoms with E-state index >= 15 is 0 Å². The number of nitrogens with one attached hydrogen (secondary N) is 1. The molecule has 6 nitrogen and oxygen atoms in total. The molecule has 19 heavy (non-hydrogen) atoms.